The minimum absolute atomic E-state index is 0.0719. The van der Waals surface area contributed by atoms with Crippen LogP contribution in [0.25, 0.3) is 0 Å². The molecule has 1 aromatic heterocycles. The van der Waals surface area contributed by atoms with E-state index in [1.807, 2.05) is 29.2 Å². The van der Waals surface area contributed by atoms with Crippen molar-refractivity contribution in [1.29, 1.82) is 0 Å². The predicted octanol–water partition coefficient (Wildman–Crippen LogP) is 4.29. The van der Waals surface area contributed by atoms with Crippen molar-refractivity contribution in [2.24, 2.45) is 11.8 Å². The summed E-state index contributed by atoms with van der Waals surface area (Å²) in [5, 5.41) is 3.58. The molecule has 0 saturated heterocycles. The van der Waals surface area contributed by atoms with Crippen molar-refractivity contribution in [2.75, 3.05) is 38.3 Å². The fourth-order valence-corrected chi connectivity index (χ4v) is 5.35. The first-order valence-corrected chi connectivity index (χ1v) is 12.8. The normalized spacial score (nSPS) is 21.4. The summed E-state index contributed by atoms with van der Waals surface area (Å²) in [6.07, 6.45) is 12.1. The number of ether oxygens (including phenoxy) is 3. The van der Waals surface area contributed by atoms with Crippen LogP contribution < -0.4 is 24.4 Å². The topological polar surface area (TPSA) is 72.9 Å². The van der Waals surface area contributed by atoms with Crippen molar-refractivity contribution < 1.29 is 19.0 Å². The Hall–Kier alpha value is -3.06. The Kier molecular flexibility index (Phi) is 7.52. The molecule has 7 nitrogen and oxygen atoms in total. The highest BCUT2D eigenvalue weighted by Gasteiger charge is 2.25. The number of aromatic nitrogens is 1. The van der Waals surface area contributed by atoms with Crippen molar-refractivity contribution in [3.8, 4) is 17.2 Å². The van der Waals surface area contributed by atoms with Gasteiger partial charge in [0.25, 0.3) is 5.91 Å². The molecule has 1 saturated carbocycles. The van der Waals surface area contributed by atoms with Crippen molar-refractivity contribution in [3.63, 3.8) is 0 Å². The van der Waals surface area contributed by atoms with Gasteiger partial charge in [0, 0.05) is 25.2 Å². The summed E-state index contributed by atoms with van der Waals surface area (Å²) in [5.74, 6) is 3.75. The Labute approximate surface area is 207 Å². The van der Waals surface area contributed by atoms with E-state index in [1.54, 1.807) is 19.4 Å². The summed E-state index contributed by atoms with van der Waals surface area (Å²) in [6.45, 7) is 3.68. The van der Waals surface area contributed by atoms with Crippen molar-refractivity contribution >= 4 is 11.6 Å². The third-order valence-corrected chi connectivity index (χ3v) is 7.40. The molecule has 186 valence electrons. The van der Waals surface area contributed by atoms with E-state index in [0.717, 1.165) is 61.1 Å². The highest BCUT2D eigenvalue weighted by atomic mass is 16.6. The molecule has 0 radical (unpaired) electrons. The molecule has 0 unspecified atom stereocenters. The maximum Gasteiger partial charge on any atom is 0.250 e. The summed E-state index contributed by atoms with van der Waals surface area (Å²) in [6, 6.07) is 8.02. The molecule has 0 atom stereocenters. The Morgan fingerprint density at radius 3 is 2.71 bits per heavy atom. The lowest BCUT2D eigenvalue weighted by Crippen LogP contribution is -2.32. The second-order valence-electron chi connectivity index (χ2n) is 9.72. The maximum absolute atomic E-state index is 12.8. The van der Waals surface area contributed by atoms with E-state index in [-0.39, 0.29) is 5.91 Å². The van der Waals surface area contributed by atoms with Gasteiger partial charge in [-0.3, -0.25) is 9.78 Å². The summed E-state index contributed by atoms with van der Waals surface area (Å²) >= 11 is 0. The first-order valence-electron chi connectivity index (χ1n) is 12.8. The molecule has 2 aromatic rings. The number of carbonyl (C=O) groups excluding carboxylic acids is 1. The number of nitrogens with zero attached hydrogens (tertiary/aromatic N) is 2. The van der Waals surface area contributed by atoms with Gasteiger partial charge in [0.1, 0.15) is 19.0 Å². The van der Waals surface area contributed by atoms with Crippen LogP contribution in [0.1, 0.15) is 43.4 Å². The molecule has 2 aliphatic heterocycles. The first-order chi connectivity index (χ1) is 17.2. The van der Waals surface area contributed by atoms with Crippen LogP contribution in [0.2, 0.25) is 0 Å². The molecule has 1 aliphatic carbocycles. The van der Waals surface area contributed by atoms with Crippen LogP contribution in [-0.4, -0.2) is 44.3 Å². The van der Waals surface area contributed by atoms with E-state index in [1.165, 1.54) is 31.2 Å². The molecule has 5 rings (SSSR count). The summed E-state index contributed by atoms with van der Waals surface area (Å²) in [7, 11) is 1.67. The molecule has 35 heavy (non-hydrogen) atoms. The number of methoxy groups -OCH3 is 1. The lowest BCUT2D eigenvalue weighted by atomic mass is 9.80. The largest absolute Gasteiger partial charge is 0.497 e. The Morgan fingerprint density at radius 1 is 1.09 bits per heavy atom. The summed E-state index contributed by atoms with van der Waals surface area (Å²) in [4.78, 5) is 19.2. The Bertz CT molecular complexity index is 1060. The van der Waals surface area contributed by atoms with Crippen molar-refractivity contribution in [1.82, 2.24) is 10.3 Å². The average Bonchev–Trinajstić information content (AvgIpc) is 3.05. The van der Waals surface area contributed by atoms with Crippen LogP contribution in [0.3, 0.4) is 0 Å². The van der Waals surface area contributed by atoms with Crippen LogP contribution in [0, 0.1) is 11.8 Å². The van der Waals surface area contributed by atoms with E-state index >= 15 is 0 Å². The molecule has 0 spiro atoms. The van der Waals surface area contributed by atoms with Gasteiger partial charge in [-0.25, -0.2) is 0 Å². The first kappa shape index (κ1) is 23.7. The SMILES string of the molecule is COc1ccc2c(c1)N(CCC1CCC(CNCc3cc4c(cn3)OCCO4)CC1)C(=O)C=CC2. The van der Waals surface area contributed by atoms with Gasteiger partial charge in [-0.1, -0.05) is 25.0 Å². The average molecular weight is 478 g/mol. The number of anilines is 1. The fraction of sp³-hybridized carbons (Fsp3) is 0.500. The van der Waals surface area contributed by atoms with Crippen molar-refractivity contribution in [3.05, 3.63) is 53.9 Å². The molecule has 3 aliphatic rings. The quantitative estimate of drug-likeness (QED) is 0.611. The molecule has 7 heteroatoms. The van der Waals surface area contributed by atoms with Crippen LogP contribution in [0.4, 0.5) is 5.69 Å². The number of carbonyl (C=O) groups is 1. The smallest absolute Gasteiger partial charge is 0.250 e. The highest BCUT2D eigenvalue weighted by molar-refractivity contribution is 6.02. The summed E-state index contributed by atoms with van der Waals surface area (Å²) < 4.78 is 16.6. The molecule has 1 fully saturated rings. The molecule has 1 aromatic carbocycles. The zero-order valence-corrected chi connectivity index (χ0v) is 20.5. The number of hydrogen-bond donors (Lipinski definition) is 1. The molecular weight excluding hydrogens is 442 g/mol. The number of fused-ring (bicyclic) bond motifs is 2. The lowest BCUT2D eigenvalue weighted by molar-refractivity contribution is -0.114. The molecule has 1 N–H and O–H groups in total. The number of pyridine rings is 1. The van der Waals surface area contributed by atoms with Crippen LogP contribution in [0.5, 0.6) is 17.2 Å². The molecular formula is C28H35N3O4. The fourth-order valence-electron chi connectivity index (χ4n) is 5.35. The van der Waals surface area contributed by atoms with Gasteiger partial charge in [-0.2, -0.15) is 0 Å². The molecule has 3 heterocycles. The lowest BCUT2D eigenvalue weighted by Gasteiger charge is -2.31. The second kappa shape index (κ2) is 11.1. The number of hydrogen-bond acceptors (Lipinski definition) is 6. The zero-order valence-electron chi connectivity index (χ0n) is 20.5. The number of rotatable bonds is 8. The van der Waals surface area contributed by atoms with Crippen LogP contribution >= 0.6 is 0 Å². The molecule has 1 amide bonds. The Morgan fingerprint density at radius 2 is 1.89 bits per heavy atom. The van der Waals surface area contributed by atoms with Gasteiger partial charge in [-0.15, -0.1) is 0 Å². The van der Waals surface area contributed by atoms with Gasteiger partial charge in [0.15, 0.2) is 11.5 Å². The predicted molar refractivity (Wildman–Crippen MR) is 135 cm³/mol. The van der Waals surface area contributed by atoms with Gasteiger partial charge < -0.3 is 24.4 Å². The third-order valence-electron chi connectivity index (χ3n) is 7.40. The van der Waals surface area contributed by atoms with Gasteiger partial charge in [-0.05, 0) is 61.8 Å². The maximum atomic E-state index is 12.8. The summed E-state index contributed by atoms with van der Waals surface area (Å²) in [5.41, 5.74) is 3.15. The van der Waals surface area contributed by atoms with Crippen LogP contribution in [-0.2, 0) is 17.8 Å². The minimum Gasteiger partial charge on any atom is -0.497 e. The zero-order chi connectivity index (χ0) is 24.0. The van der Waals surface area contributed by atoms with Gasteiger partial charge >= 0.3 is 0 Å². The number of nitrogens with one attached hydrogen (secondary N) is 1. The highest BCUT2D eigenvalue weighted by Crippen LogP contribution is 2.34. The van der Waals surface area contributed by atoms with Gasteiger partial charge in [0.2, 0.25) is 0 Å². The van der Waals surface area contributed by atoms with Crippen LogP contribution in [0.15, 0.2) is 42.6 Å². The number of amides is 1. The van der Waals surface area contributed by atoms with E-state index in [9.17, 15) is 4.79 Å². The third kappa shape index (κ3) is 5.78. The minimum atomic E-state index is 0.0719. The number of allylic oxidation sites excluding steroid dienone is 1. The van der Waals surface area contributed by atoms with Crippen molar-refractivity contribution in [2.45, 2.75) is 45.1 Å². The monoisotopic (exact) mass is 477 g/mol. The van der Waals surface area contributed by atoms with E-state index in [4.69, 9.17) is 14.2 Å². The second-order valence-corrected chi connectivity index (χ2v) is 9.72. The van der Waals surface area contributed by atoms with Gasteiger partial charge in [0.05, 0.1) is 24.7 Å². The van der Waals surface area contributed by atoms with E-state index in [2.05, 4.69) is 16.4 Å². The standard InChI is InChI=1S/C28H35N3O4/c1-33-24-10-9-22-3-2-4-28(32)31(25(22)16-24)12-11-20-5-7-21(8-6-20)17-29-18-23-15-26-27(19-30-23)35-14-13-34-26/h2,4,9-10,15-16,19-21,29H,3,5-8,11-14,17-18H2,1H3. The van der Waals surface area contributed by atoms with E-state index < -0.39 is 0 Å². The Balaban J connectivity index is 1.07. The van der Waals surface area contributed by atoms with E-state index in [0.29, 0.717) is 25.0 Å². The number of benzene rings is 1. The molecule has 0 bridgehead atoms.